The molecule has 20 heteroatoms. The van der Waals surface area contributed by atoms with E-state index in [4.69, 9.17) is 9.47 Å². The van der Waals surface area contributed by atoms with Crippen molar-refractivity contribution < 1.29 is 55.0 Å². The number of aromatic nitrogens is 4. The van der Waals surface area contributed by atoms with Gasteiger partial charge in [-0.25, -0.2) is 0 Å². The van der Waals surface area contributed by atoms with Crippen LogP contribution in [0.1, 0.15) is 68.8 Å². The molecular formula is C42H44F6N8O6. The first-order valence-electron chi connectivity index (χ1n) is 20.4. The highest BCUT2D eigenvalue weighted by Crippen LogP contribution is 2.40. The second-order valence-electron chi connectivity index (χ2n) is 16.0. The average Bonchev–Trinajstić information content (AvgIpc) is 3.75. The summed E-state index contributed by atoms with van der Waals surface area (Å²) in [4.78, 5) is 57.0. The van der Waals surface area contributed by atoms with Crippen molar-refractivity contribution in [3.8, 4) is 11.5 Å². The summed E-state index contributed by atoms with van der Waals surface area (Å²) in [7, 11) is 3.04. The third-order valence-corrected chi connectivity index (χ3v) is 12.3. The Morgan fingerprint density at radius 2 is 1.23 bits per heavy atom. The number of carbonyl (C=O) groups excluding carboxylic acids is 4. The van der Waals surface area contributed by atoms with Gasteiger partial charge in [-0.1, -0.05) is 18.2 Å². The molecule has 4 heterocycles. The van der Waals surface area contributed by atoms with E-state index in [1.165, 1.54) is 33.3 Å². The van der Waals surface area contributed by atoms with Gasteiger partial charge in [0, 0.05) is 49.7 Å². The van der Waals surface area contributed by atoms with Crippen molar-refractivity contribution >= 4 is 35.0 Å². The maximum atomic E-state index is 14.0. The monoisotopic (exact) mass is 870 g/mol. The molecule has 14 nitrogen and oxygen atoms in total. The lowest BCUT2D eigenvalue weighted by atomic mass is 9.85. The molecule has 2 aromatic heterocycles. The number of ether oxygens (including phenoxy) is 2. The fourth-order valence-electron chi connectivity index (χ4n) is 8.80. The predicted molar refractivity (Wildman–Crippen MR) is 210 cm³/mol. The Morgan fingerprint density at radius 1 is 0.726 bits per heavy atom. The van der Waals surface area contributed by atoms with Crippen LogP contribution in [0, 0.1) is 11.8 Å². The quantitative estimate of drug-likeness (QED) is 0.235. The Morgan fingerprint density at radius 3 is 1.77 bits per heavy atom. The number of alkyl halides is 6. The van der Waals surface area contributed by atoms with E-state index >= 15 is 0 Å². The Kier molecular flexibility index (Phi) is 11.2. The first-order valence-corrected chi connectivity index (χ1v) is 20.4. The van der Waals surface area contributed by atoms with E-state index in [0.717, 1.165) is 0 Å². The lowest BCUT2D eigenvalue weighted by Gasteiger charge is -2.25. The Hall–Kier alpha value is -6.08. The van der Waals surface area contributed by atoms with Gasteiger partial charge in [0.2, 0.25) is 0 Å². The van der Waals surface area contributed by atoms with E-state index in [0.29, 0.717) is 46.4 Å². The van der Waals surface area contributed by atoms with Gasteiger partial charge in [-0.15, -0.1) is 0 Å². The number of nitrogens with zero attached hydrogens (tertiary/aromatic N) is 6. The van der Waals surface area contributed by atoms with Crippen LogP contribution in [0.2, 0.25) is 0 Å². The normalized spacial score (nSPS) is 21.4. The largest absolute Gasteiger partial charge is 0.489 e. The number of hydrogen-bond donors (Lipinski definition) is 2. The molecule has 4 atom stereocenters. The zero-order valence-electron chi connectivity index (χ0n) is 34.0. The van der Waals surface area contributed by atoms with E-state index in [1.54, 1.807) is 49.4 Å². The highest BCUT2D eigenvalue weighted by atomic mass is 19.4. The minimum atomic E-state index is -4.50. The van der Waals surface area contributed by atoms with Crippen LogP contribution in [-0.2, 0) is 54.8 Å². The molecule has 2 aliphatic heterocycles. The fourth-order valence-corrected chi connectivity index (χ4v) is 8.80. The minimum Gasteiger partial charge on any atom is -0.489 e. The number of halogens is 6. The summed E-state index contributed by atoms with van der Waals surface area (Å²) in [5.41, 5.74) is 2.66. The second kappa shape index (κ2) is 16.3. The van der Waals surface area contributed by atoms with Gasteiger partial charge in [0.05, 0.1) is 23.2 Å². The maximum Gasteiger partial charge on any atom is 0.392 e. The van der Waals surface area contributed by atoms with E-state index in [1.807, 2.05) is 0 Å². The summed E-state index contributed by atoms with van der Waals surface area (Å²) >= 11 is 0. The molecular weight excluding hydrogens is 827 g/mol. The number of anilines is 2. The van der Waals surface area contributed by atoms with Crippen molar-refractivity contribution in [2.75, 3.05) is 37.1 Å². The molecule has 330 valence electrons. The molecule has 4 amide bonds. The summed E-state index contributed by atoms with van der Waals surface area (Å²) in [6.07, 6.45) is -9.66. The van der Waals surface area contributed by atoms with Crippen LogP contribution in [0.15, 0.2) is 42.5 Å². The molecule has 62 heavy (non-hydrogen) atoms. The van der Waals surface area contributed by atoms with Gasteiger partial charge in [-0.2, -0.15) is 36.5 Å². The van der Waals surface area contributed by atoms with Gasteiger partial charge < -0.3 is 29.9 Å². The fraction of sp³-hybridized carbons (Fsp3) is 0.476. The van der Waals surface area contributed by atoms with Crippen LogP contribution in [-0.4, -0.2) is 94.9 Å². The molecule has 4 aromatic rings. The maximum absolute atomic E-state index is 14.0. The van der Waals surface area contributed by atoms with Gasteiger partial charge in [0.15, 0.2) is 11.4 Å². The second-order valence-corrected chi connectivity index (χ2v) is 16.0. The molecule has 0 radical (unpaired) electrons. The third kappa shape index (κ3) is 8.05. The molecule has 0 saturated carbocycles. The van der Waals surface area contributed by atoms with Gasteiger partial charge in [-0.3, -0.25) is 28.5 Å². The molecule has 0 unspecified atom stereocenters. The van der Waals surface area contributed by atoms with Gasteiger partial charge in [0.1, 0.15) is 36.8 Å². The number of fused-ring (bicyclic) bond motifs is 4. The molecule has 2 aliphatic carbocycles. The molecule has 0 fully saturated rings. The topological polar surface area (TPSA) is 153 Å². The van der Waals surface area contributed by atoms with Crippen LogP contribution < -0.4 is 29.9 Å². The zero-order valence-corrected chi connectivity index (χ0v) is 34.0. The number of carbonyl (C=O) groups is 4. The van der Waals surface area contributed by atoms with Crippen molar-refractivity contribution in [2.45, 2.75) is 89.4 Å². The Labute approximate surface area is 351 Å². The molecule has 8 rings (SSSR count). The average molecular weight is 871 g/mol. The Balaban J connectivity index is 0.976. The van der Waals surface area contributed by atoms with Crippen molar-refractivity contribution in [3.63, 3.8) is 0 Å². The number of aryl methyl sites for hydroxylation is 3. The van der Waals surface area contributed by atoms with Crippen molar-refractivity contribution in [3.05, 3.63) is 81.9 Å². The van der Waals surface area contributed by atoms with Crippen LogP contribution in [0.4, 0.5) is 37.7 Å². The highest BCUT2D eigenvalue weighted by Gasteiger charge is 2.45. The molecule has 2 aromatic carbocycles. The van der Waals surface area contributed by atoms with E-state index < -0.39 is 66.3 Å². The Bertz CT molecular complexity index is 2430. The summed E-state index contributed by atoms with van der Waals surface area (Å²) in [5, 5.41) is 14.1. The number of amides is 4. The molecule has 0 bridgehead atoms. The third-order valence-electron chi connectivity index (χ3n) is 12.3. The number of rotatable bonds is 8. The van der Waals surface area contributed by atoms with Crippen LogP contribution >= 0.6 is 0 Å². The van der Waals surface area contributed by atoms with Crippen LogP contribution in [0.3, 0.4) is 0 Å². The first kappa shape index (κ1) is 42.6. The lowest BCUT2D eigenvalue weighted by Crippen LogP contribution is -2.49. The molecule has 2 N–H and O–H groups in total. The van der Waals surface area contributed by atoms with Gasteiger partial charge >= 0.3 is 12.4 Å². The minimum absolute atomic E-state index is 0.0149. The van der Waals surface area contributed by atoms with Crippen LogP contribution in [0.25, 0.3) is 0 Å². The van der Waals surface area contributed by atoms with E-state index in [9.17, 15) is 45.5 Å². The summed E-state index contributed by atoms with van der Waals surface area (Å²) in [5.74, 6) is -5.15. The predicted octanol–water partition coefficient (Wildman–Crippen LogP) is 4.98. The molecule has 4 aliphatic rings. The number of para-hydroxylation sites is 2. The number of hydrogen-bond acceptors (Lipinski definition) is 8. The molecule has 0 spiro atoms. The number of benzene rings is 2. The lowest BCUT2D eigenvalue weighted by molar-refractivity contribution is -0.177. The SMILES string of the molecule is CCn1nc(C(=O)N[C@H]2COc3cc(CCn4nc(C(=O)N[C@H]5COc6ccccc6N(C)C5=O)c5c4CC[C@@H](C(F)(F)F)C5)ccc3N(C)C2=O)c2c1CC[C@H](C(F)(F)F)C2. The standard InChI is InChI=1S/C42H44F6N8O6/c1-4-55-29-13-10-23(41(43,44)45)18-25(29)35(51-55)37(57)50-28-21-62-34-17-22(9-12-32(34)54(3)40(28)60)15-16-56-30-14-11-24(42(46,47)48)19-26(30)36(52-56)38(58)49-27-20-61-33-8-6-5-7-31(33)53(2)39(27)59/h5-9,12,17,23-24,27-28H,4,10-11,13-16,18-21H2,1-3H3,(H,49,58)(H,50,57)/t23-,24+,27-,28-/m0/s1. The zero-order chi connectivity index (χ0) is 44.2. The summed E-state index contributed by atoms with van der Waals surface area (Å²) in [6.45, 7) is 1.79. The molecule has 0 saturated heterocycles. The van der Waals surface area contributed by atoms with E-state index in [2.05, 4.69) is 20.8 Å². The number of nitrogens with one attached hydrogen (secondary N) is 2. The summed E-state index contributed by atoms with van der Waals surface area (Å²) < 4.78 is 98.0. The highest BCUT2D eigenvalue weighted by molar-refractivity contribution is 6.04. The van der Waals surface area contributed by atoms with Crippen molar-refractivity contribution in [1.29, 1.82) is 0 Å². The van der Waals surface area contributed by atoms with E-state index in [-0.39, 0.29) is 80.8 Å². The van der Waals surface area contributed by atoms with Crippen molar-refractivity contribution in [2.24, 2.45) is 11.8 Å². The van der Waals surface area contributed by atoms with Gasteiger partial charge in [-0.05, 0) is 81.7 Å². The number of likely N-dealkylation sites (N-methyl/N-ethyl adjacent to an activating group) is 2. The van der Waals surface area contributed by atoms with Crippen LogP contribution in [0.5, 0.6) is 11.5 Å². The smallest absolute Gasteiger partial charge is 0.392 e. The van der Waals surface area contributed by atoms with Gasteiger partial charge in [0.25, 0.3) is 23.6 Å². The first-order chi connectivity index (χ1) is 29.4. The van der Waals surface area contributed by atoms with Crippen molar-refractivity contribution in [1.82, 2.24) is 30.2 Å². The summed E-state index contributed by atoms with van der Waals surface area (Å²) in [6, 6.07) is 9.57.